The fourth-order valence-corrected chi connectivity index (χ4v) is 5.69. The Kier molecular flexibility index (Phi) is 5.63. The predicted molar refractivity (Wildman–Crippen MR) is 135 cm³/mol. The van der Waals surface area contributed by atoms with Crippen molar-refractivity contribution in [2.75, 3.05) is 12.0 Å². The number of hydrogen-bond acceptors (Lipinski definition) is 5. The molecular formula is C29H29N3O4. The van der Waals surface area contributed by atoms with Crippen molar-refractivity contribution < 1.29 is 19.1 Å². The molecule has 0 N–H and O–H groups in total. The van der Waals surface area contributed by atoms with Crippen LogP contribution < -0.4 is 14.4 Å². The van der Waals surface area contributed by atoms with Crippen molar-refractivity contribution >= 4 is 17.5 Å². The van der Waals surface area contributed by atoms with E-state index in [0.29, 0.717) is 35.7 Å². The first-order valence-electron chi connectivity index (χ1n) is 12.6. The number of carbonyl (C=O) groups is 2. The van der Waals surface area contributed by atoms with E-state index >= 15 is 0 Å². The fraction of sp³-hybridized carbons (Fsp3) is 0.345. The first kappa shape index (κ1) is 22.6. The van der Waals surface area contributed by atoms with E-state index in [1.165, 1.54) is 12.8 Å². The van der Waals surface area contributed by atoms with E-state index in [1.54, 1.807) is 30.5 Å². The van der Waals surface area contributed by atoms with Crippen LogP contribution in [0.4, 0.5) is 5.69 Å². The van der Waals surface area contributed by atoms with E-state index in [9.17, 15) is 9.59 Å². The highest BCUT2D eigenvalue weighted by atomic mass is 16.5. The molecule has 184 valence electrons. The molecule has 2 aromatic carbocycles. The average Bonchev–Trinajstić information content (AvgIpc) is 3.58. The number of hydrogen-bond donors (Lipinski definition) is 0. The molecule has 7 nitrogen and oxygen atoms in total. The lowest BCUT2D eigenvalue weighted by Crippen LogP contribution is -2.26. The van der Waals surface area contributed by atoms with Gasteiger partial charge in [0.1, 0.15) is 0 Å². The summed E-state index contributed by atoms with van der Waals surface area (Å²) in [5, 5.41) is 0. The highest BCUT2D eigenvalue weighted by Gasteiger charge is 2.36. The van der Waals surface area contributed by atoms with Crippen molar-refractivity contribution in [2.24, 2.45) is 0 Å². The quantitative estimate of drug-likeness (QED) is 0.477. The SMILES string of the molecule is COc1ccc(N2C(=O)c3cc(CN4Cc5cnccc5C4=O)ccc3C2C)cc1OC1CCCC1. The smallest absolute Gasteiger partial charge is 0.259 e. The van der Waals surface area contributed by atoms with Gasteiger partial charge in [-0.1, -0.05) is 12.1 Å². The van der Waals surface area contributed by atoms with Gasteiger partial charge in [0.25, 0.3) is 11.8 Å². The van der Waals surface area contributed by atoms with Crippen LogP contribution in [0, 0.1) is 0 Å². The summed E-state index contributed by atoms with van der Waals surface area (Å²) in [5.41, 5.74) is 5.03. The van der Waals surface area contributed by atoms with Crippen LogP contribution in [-0.4, -0.2) is 34.9 Å². The molecule has 3 heterocycles. The van der Waals surface area contributed by atoms with Gasteiger partial charge in [-0.05, 0) is 68.0 Å². The molecule has 1 unspecified atom stereocenters. The number of pyridine rings is 1. The van der Waals surface area contributed by atoms with Crippen LogP contribution in [0.1, 0.15) is 76.1 Å². The number of rotatable bonds is 6. The zero-order valence-electron chi connectivity index (χ0n) is 20.6. The van der Waals surface area contributed by atoms with Crippen LogP contribution in [0.3, 0.4) is 0 Å². The molecule has 2 amide bonds. The summed E-state index contributed by atoms with van der Waals surface area (Å²) in [6.45, 7) is 3.02. The van der Waals surface area contributed by atoms with Crippen molar-refractivity contribution in [3.05, 3.63) is 82.7 Å². The van der Waals surface area contributed by atoms with Crippen LogP contribution >= 0.6 is 0 Å². The third-order valence-corrected chi connectivity index (χ3v) is 7.58. The predicted octanol–water partition coefficient (Wildman–Crippen LogP) is 5.29. The van der Waals surface area contributed by atoms with E-state index in [1.807, 2.05) is 48.2 Å². The molecule has 1 aromatic heterocycles. The van der Waals surface area contributed by atoms with Crippen molar-refractivity contribution in [2.45, 2.75) is 57.8 Å². The standard InChI is InChI=1S/C29H29N3O4/c1-18-23-9-7-19(16-31-17-20-15-30-12-11-24(20)28(31)33)13-25(23)29(34)32(18)21-8-10-26(35-2)27(14-21)36-22-5-3-4-6-22/h7-15,18,22H,3-6,16-17H2,1-2H3. The Morgan fingerprint density at radius 1 is 0.972 bits per heavy atom. The molecule has 3 aromatic rings. The maximum Gasteiger partial charge on any atom is 0.259 e. The van der Waals surface area contributed by atoms with Gasteiger partial charge in [0.05, 0.1) is 19.3 Å². The second-order valence-corrected chi connectivity index (χ2v) is 9.83. The molecule has 1 saturated carbocycles. The van der Waals surface area contributed by atoms with Gasteiger partial charge in [-0.3, -0.25) is 14.6 Å². The van der Waals surface area contributed by atoms with Gasteiger partial charge in [-0.15, -0.1) is 0 Å². The number of nitrogens with zero attached hydrogens (tertiary/aromatic N) is 3. The third-order valence-electron chi connectivity index (χ3n) is 7.58. The molecule has 3 aliphatic rings. The third kappa shape index (κ3) is 3.79. The Labute approximate surface area is 210 Å². The van der Waals surface area contributed by atoms with E-state index < -0.39 is 0 Å². The summed E-state index contributed by atoms with van der Waals surface area (Å²) in [6.07, 6.45) is 8.03. The molecule has 6 rings (SSSR count). The van der Waals surface area contributed by atoms with Gasteiger partial charge >= 0.3 is 0 Å². The van der Waals surface area contributed by atoms with Crippen molar-refractivity contribution in [1.29, 1.82) is 0 Å². The van der Waals surface area contributed by atoms with Crippen LogP contribution in [-0.2, 0) is 13.1 Å². The Balaban J connectivity index is 1.25. The van der Waals surface area contributed by atoms with Crippen molar-refractivity contribution in [3.63, 3.8) is 0 Å². The number of amides is 2. The van der Waals surface area contributed by atoms with Crippen molar-refractivity contribution in [3.8, 4) is 11.5 Å². The Bertz CT molecular complexity index is 1350. The molecule has 1 atom stereocenters. The lowest BCUT2D eigenvalue weighted by molar-refractivity contribution is 0.0766. The second-order valence-electron chi connectivity index (χ2n) is 9.83. The summed E-state index contributed by atoms with van der Waals surface area (Å²) in [6, 6.07) is 13.3. The van der Waals surface area contributed by atoms with Gasteiger partial charge in [-0.2, -0.15) is 0 Å². The molecule has 0 bridgehead atoms. The zero-order chi connectivity index (χ0) is 24.8. The van der Waals surface area contributed by atoms with E-state index in [-0.39, 0.29) is 24.0 Å². The Morgan fingerprint density at radius 3 is 2.58 bits per heavy atom. The van der Waals surface area contributed by atoms with Crippen molar-refractivity contribution in [1.82, 2.24) is 9.88 Å². The zero-order valence-corrected chi connectivity index (χ0v) is 20.6. The summed E-state index contributed by atoms with van der Waals surface area (Å²) in [5.74, 6) is 1.31. The first-order valence-corrected chi connectivity index (χ1v) is 12.6. The lowest BCUT2D eigenvalue weighted by Gasteiger charge is -2.24. The average molecular weight is 484 g/mol. The molecule has 1 aliphatic carbocycles. The molecule has 0 spiro atoms. The largest absolute Gasteiger partial charge is 0.493 e. The van der Waals surface area contributed by atoms with Gasteiger partial charge < -0.3 is 19.3 Å². The number of ether oxygens (including phenoxy) is 2. The van der Waals surface area contributed by atoms with Crippen LogP contribution in [0.15, 0.2) is 54.9 Å². The molecule has 7 heteroatoms. The topological polar surface area (TPSA) is 72.0 Å². The molecule has 1 fully saturated rings. The molecule has 36 heavy (non-hydrogen) atoms. The van der Waals surface area contributed by atoms with Gasteiger partial charge in [0, 0.05) is 53.9 Å². The van der Waals surface area contributed by atoms with E-state index in [2.05, 4.69) is 4.98 Å². The van der Waals surface area contributed by atoms with Gasteiger partial charge in [-0.25, -0.2) is 0 Å². The summed E-state index contributed by atoms with van der Waals surface area (Å²) >= 11 is 0. The maximum absolute atomic E-state index is 13.6. The lowest BCUT2D eigenvalue weighted by atomic mass is 10.0. The highest BCUT2D eigenvalue weighted by Crippen LogP contribution is 2.42. The van der Waals surface area contributed by atoms with Gasteiger partial charge in [0.2, 0.25) is 0 Å². The number of anilines is 1. The highest BCUT2D eigenvalue weighted by molar-refractivity contribution is 6.11. The maximum atomic E-state index is 13.6. The first-order chi connectivity index (χ1) is 17.5. The Hall–Kier alpha value is -3.87. The minimum absolute atomic E-state index is 0.00208. The van der Waals surface area contributed by atoms with E-state index in [0.717, 1.165) is 35.2 Å². The normalized spacial score (nSPS) is 19.1. The minimum Gasteiger partial charge on any atom is -0.493 e. The number of fused-ring (bicyclic) bond motifs is 2. The monoisotopic (exact) mass is 483 g/mol. The van der Waals surface area contributed by atoms with Crippen LogP contribution in [0.5, 0.6) is 11.5 Å². The van der Waals surface area contributed by atoms with E-state index in [4.69, 9.17) is 9.47 Å². The molecule has 2 aliphatic heterocycles. The molecular weight excluding hydrogens is 454 g/mol. The summed E-state index contributed by atoms with van der Waals surface area (Å²) in [4.78, 5) is 34.2. The molecule has 0 saturated heterocycles. The summed E-state index contributed by atoms with van der Waals surface area (Å²) < 4.78 is 11.8. The summed E-state index contributed by atoms with van der Waals surface area (Å²) in [7, 11) is 1.64. The fourth-order valence-electron chi connectivity index (χ4n) is 5.69. The minimum atomic E-state index is -0.113. The number of benzene rings is 2. The number of aromatic nitrogens is 1. The molecule has 0 radical (unpaired) electrons. The second kappa shape index (κ2) is 8.97. The van der Waals surface area contributed by atoms with Gasteiger partial charge in [0.15, 0.2) is 11.5 Å². The number of carbonyl (C=O) groups excluding carboxylic acids is 2. The Morgan fingerprint density at radius 2 is 1.81 bits per heavy atom. The number of methoxy groups -OCH3 is 1. The van der Waals surface area contributed by atoms with Crippen LogP contribution in [0.25, 0.3) is 0 Å². The van der Waals surface area contributed by atoms with Crippen LogP contribution in [0.2, 0.25) is 0 Å².